The standard InChI is InChI=1S/C18H22N4O2/c1-12-3-6-14(22-9-2-8-19-22)11-16(12)21-18(23)20-15-7-10-24-17(15)13-4-5-13/h2-3,6,8-9,11,13,15,17H,4-5,7,10H2,1H3,(H2,20,21,23)/t15-,17+/m1/s1. The molecule has 0 unspecified atom stereocenters. The van der Waals surface area contributed by atoms with Crippen molar-refractivity contribution in [1.29, 1.82) is 0 Å². The van der Waals surface area contributed by atoms with Crippen LogP contribution in [0.5, 0.6) is 0 Å². The van der Waals surface area contributed by atoms with Crippen molar-refractivity contribution in [2.45, 2.75) is 38.3 Å². The minimum absolute atomic E-state index is 0.118. The highest BCUT2D eigenvalue weighted by molar-refractivity contribution is 5.90. The molecule has 2 atom stereocenters. The minimum atomic E-state index is -0.170. The van der Waals surface area contributed by atoms with Crippen molar-refractivity contribution in [3.05, 3.63) is 42.2 Å². The number of rotatable bonds is 4. The number of amides is 2. The predicted molar refractivity (Wildman–Crippen MR) is 91.3 cm³/mol. The van der Waals surface area contributed by atoms with Gasteiger partial charge >= 0.3 is 6.03 Å². The first-order chi connectivity index (χ1) is 11.7. The molecule has 2 heterocycles. The Morgan fingerprint density at radius 2 is 2.21 bits per heavy atom. The fraction of sp³-hybridized carbons (Fsp3) is 0.444. The van der Waals surface area contributed by atoms with E-state index in [-0.39, 0.29) is 18.2 Å². The van der Waals surface area contributed by atoms with Crippen LogP contribution in [0.2, 0.25) is 0 Å². The lowest BCUT2D eigenvalue weighted by atomic mass is 10.1. The molecular weight excluding hydrogens is 304 g/mol. The predicted octanol–water partition coefficient (Wildman–Crippen LogP) is 2.87. The monoisotopic (exact) mass is 326 g/mol. The number of carbonyl (C=O) groups is 1. The fourth-order valence-electron chi connectivity index (χ4n) is 3.29. The van der Waals surface area contributed by atoms with Gasteiger partial charge in [0.1, 0.15) is 0 Å². The molecule has 2 fully saturated rings. The maximum atomic E-state index is 12.4. The quantitative estimate of drug-likeness (QED) is 0.908. The number of aryl methyl sites for hydroxylation is 1. The molecule has 1 aliphatic carbocycles. The van der Waals surface area contributed by atoms with Gasteiger partial charge in [0.25, 0.3) is 0 Å². The van der Waals surface area contributed by atoms with Crippen LogP contribution in [0.15, 0.2) is 36.7 Å². The summed E-state index contributed by atoms with van der Waals surface area (Å²) in [6.45, 7) is 2.72. The van der Waals surface area contributed by atoms with Crippen molar-refractivity contribution >= 4 is 11.7 Å². The molecular formula is C18H22N4O2. The Hall–Kier alpha value is -2.34. The average molecular weight is 326 g/mol. The zero-order valence-corrected chi connectivity index (χ0v) is 13.7. The van der Waals surface area contributed by atoms with Crippen LogP contribution in [0.1, 0.15) is 24.8 Å². The van der Waals surface area contributed by atoms with Crippen molar-refractivity contribution in [1.82, 2.24) is 15.1 Å². The molecule has 126 valence electrons. The summed E-state index contributed by atoms with van der Waals surface area (Å²) in [5.74, 6) is 0.627. The van der Waals surface area contributed by atoms with Crippen LogP contribution < -0.4 is 10.6 Å². The van der Waals surface area contributed by atoms with E-state index in [9.17, 15) is 4.79 Å². The van der Waals surface area contributed by atoms with Crippen LogP contribution in [-0.2, 0) is 4.74 Å². The first kappa shape index (κ1) is 15.2. The van der Waals surface area contributed by atoms with Gasteiger partial charge in [0, 0.05) is 24.7 Å². The highest BCUT2D eigenvalue weighted by atomic mass is 16.5. The second-order valence-electron chi connectivity index (χ2n) is 6.62. The van der Waals surface area contributed by atoms with Gasteiger partial charge in [-0.1, -0.05) is 6.07 Å². The zero-order chi connectivity index (χ0) is 16.5. The molecule has 0 spiro atoms. The number of benzene rings is 1. The number of urea groups is 1. The molecule has 1 saturated heterocycles. The number of hydrogen-bond acceptors (Lipinski definition) is 3. The highest BCUT2D eigenvalue weighted by Crippen LogP contribution is 2.38. The molecule has 0 radical (unpaired) electrons. The van der Waals surface area contributed by atoms with Gasteiger partial charge in [-0.3, -0.25) is 0 Å². The minimum Gasteiger partial charge on any atom is -0.376 e. The molecule has 24 heavy (non-hydrogen) atoms. The van der Waals surface area contributed by atoms with Crippen LogP contribution in [-0.4, -0.2) is 34.6 Å². The highest BCUT2D eigenvalue weighted by Gasteiger charge is 2.41. The smallest absolute Gasteiger partial charge is 0.319 e. The van der Waals surface area contributed by atoms with Crippen LogP contribution >= 0.6 is 0 Å². The number of anilines is 1. The summed E-state index contributed by atoms with van der Waals surface area (Å²) in [5.41, 5.74) is 2.73. The molecule has 2 amide bonds. The molecule has 1 aliphatic heterocycles. The molecule has 0 bridgehead atoms. The zero-order valence-electron chi connectivity index (χ0n) is 13.7. The van der Waals surface area contributed by atoms with E-state index >= 15 is 0 Å². The van der Waals surface area contributed by atoms with Crippen molar-refractivity contribution in [3.8, 4) is 5.69 Å². The molecule has 2 N–H and O–H groups in total. The van der Waals surface area contributed by atoms with Crippen LogP contribution in [0.25, 0.3) is 5.69 Å². The largest absolute Gasteiger partial charge is 0.376 e. The Balaban J connectivity index is 1.44. The summed E-state index contributed by atoms with van der Waals surface area (Å²) in [6.07, 6.45) is 7.13. The molecule has 1 saturated carbocycles. The lowest BCUT2D eigenvalue weighted by Crippen LogP contribution is -2.43. The van der Waals surface area contributed by atoms with Crippen molar-refractivity contribution in [2.75, 3.05) is 11.9 Å². The van der Waals surface area contributed by atoms with Crippen LogP contribution in [0.4, 0.5) is 10.5 Å². The second kappa shape index (κ2) is 6.28. The van der Waals surface area contributed by atoms with Gasteiger partial charge in [0.15, 0.2) is 0 Å². The number of nitrogens with zero attached hydrogens (tertiary/aromatic N) is 2. The molecule has 4 rings (SSSR count). The number of ether oxygens (including phenoxy) is 1. The van der Waals surface area contributed by atoms with Gasteiger partial charge in [0.05, 0.1) is 17.8 Å². The summed E-state index contributed by atoms with van der Waals surface area (Å²) >= 11 is 0. The Labute approximate surface area is 141 Å². The second-order valence-corrected chi connectivity index (χ2v) is 6.62. The van der Waals surface area contributed by atoms with Gasteiger partial charge in [-0.25, -0.2) is 9.48 Å². The SMILES string of the molecule is Cc1ccc(-n2cccn2)cc1NC(=O)N[C@@H]1CCO[C@H]1C1CC1. The van der Waals surface area contributed by atoms with E-state index in [0.717, 1.165) is 30.0 Å². The van der Waals surface area contributed by atoms with Crippen molar-refractivity contribution < 1.29 is 9.53 Å². The summed E-state index contributed by atoms with van der Waals surface area (Å²) in [4.78, 5) is 12.4. The number of nitrogens with one attached hydrogen (secondary N) is 2. The summed E-state index contributed by atoms with van der Waals surface area (Å²) in [5, 5.41) is 10.3. The normalized spacial score (nSPS) is 23.2. The van der Waals surface area contributed by atoms with Crippen LogP contribution in [0, 0.1) is 12.8 Å². The summed E-state index contributed by atoms with van der Waals surface area (Å²) < 4.78 is 7.55. The van der Waals surface area contributed by atoms with Gasteiger partial charge in [-0.15, -0.1) is 0 Å². The van der Waals surface area contributed by atoms with E-state index in [1.807, 2.05) is 37.4 Å². The van der Waals surface area contributed by atoms with E-state index in [1.165, 1.54) is 12.8 Å². The number of carbonyl (C=O) groups excluding carboxylic acids is 1. The molecule has 2 aromatic rings. The Morgan fingerprint density at radius 3 is 2.96 bits per heavy atom. The number of aromatic nitrogens is 2. The summed E-state index contributed by atoms with van der Waals surface area (Å²) in [7, 11) is 0. The lowest BCUT2D eigenvalue weighted by Gasteiger charge is -2.20. The van der Waals surface area contributed by atoms with E-state index < -0.39 is 0 Å². The van der Waals surface area contributed by atoms with E-state index in [4.69, 9.17) is 4.74 Å². The van der Waals surface area contributed by atoms with Gasteiger partial charge in [-0.05, 0) is 55.9 Å². The first-order valence-corrected chi connectivity index (χ1v) is 8.50. The third-order valence-electron chi connectivity index (χ3n) is 4.78. The Bertz CT molecular complexity index is 725. The lowest BCUT2D eigenvalue weighted by molar-refractivity contribution is 0.0829. The maximum absolute atomic E-state index is 12.4. The first-order valence-electron chi connectivity index (χ1n) is 8.50. The molecule has 1 aromatic heterocycles. The average Bonchev–Trinajstić information content (AvgIpc) is 3.08. The Kier molecular flexibility index (Phi) is 3.98. The topological polar surface area (TPSA) is 68.2 Å². The Morgan fingerprint density at radius 1 is 1.33 bits per heavy atom. The maximum Gasteiger partial charge on any atom is 0.319 e. The molecule has 6 nitrogen and oxygen atoms in total. The van der Waals surface area contributed by atoms with E-state index in [0.29, 0.717) is 5.92 Å². The van der Waals surface area contributed by atoms with Crippen molar-refractivity contribution in [3.63, 3.8) is 0 Å². The molecule has 1 aromatic carbocycles. The summed E-state index contributed by atoms with van der Waals surface area (Å²) in [6, 6.07) is 7.73. The number of hydrogen-bond donors (Lipinski definition) is 2. The van der Waals surface area contributed by atoms with Crippen molar-refractivity contribution in [2.24, 2.45) is 5.92 Å². The fourth-order valence-corrected chi connectivity index (χ4v) is 3.29. The molecule has 2 aliphatic rings. The van der Waals surface area contributed by atoms with E-state index in [2.05, 4.69) is 15.7 Å². The van der Waals surface area contributed by atoms with Gasteiger partial charge in [0.2, 0.25) is 0 Å². The van der Waals surface area contributed by atoms with E-state index in [1.54, 1.807) is 10.9 Å². The van der Waals surface area contributed by atoms with Gasteiger partial charge in [-0.2, -0.15) is 5.10 Å². The third-order valence-corrected chi connectivity index (χ3v) is 4.78. The molecule has 6 heteroatoms. The third kappa shape index (κ3) is 3.14. The van der Waals surface area contributed by atoms with Gasteiger partial charge < -0.3 is 15.4 Å². The van der Waals surface area contributed by atoms with Crippen LogP contribution in [0.3, 0.4) is 0 Å².